The number of pyridine rings is 1. The molecule has 0 aromatic carbocycles. The molecule has 0 spiro atoms. The van der Waals surface area contributed by atoms with Crippen LogP contribution < -0.4 is 0 Å². The van der Waals surface area contributed by atoms with Gasteiger partial charge < -0.3 is 9.14 Å². The zero-order chi connectivity index (χ0) is 16.1. The van der Waals surface area contributed by atoms with E-state index in [0.717, 1.165) is 44.4 Å². The molecule has 1 saturated carbocycles. The Kier molecular flexibility index (Phi) is 3.61. The van der Waals surface area contributed by atoms with E-state index in [1.165, 1.54) is 30.6 Å². The molecule has 2 atom stereocenters. The number of ether oxygens (including phenoxy) is 1. The van der Waals surface area contributed by atoms with Crippen LogP contribution in [0, 0.1) is 12.8 Å². The summed E-state index contributed by atoms with van der Waals surface area (Å²) in [5.74, 6) is 0.904. The summed E-state index contributed by atoms with van der Waals surface area (Å²) in [5.41, 5.74) is 3.49. The van der Waals surface area contributed by atoms with E-state index in [2.05, 4.69) is 45.7 Å². The molecule has 2 aliphatic heterocycles. The number of hydrogen-bond donors (Lipinski definition) is 0. The van der Waals surface area contributed by atoms with Crippen LogP contribution in [-0.2, 0) is 11.3 Å². The summed E-state index contributed by atoms with van der Waals surface area (Å²) in [6, 6.07) is 5.48. The summed E-state index contributed by atoms with van der Waals surface area (Å²) in [4.78, 5) is 10.1. The molecule has 0 amide bonds. The molecule has 3 fully saturated rings. The summed E-state index contributed by atoms with van der Waals surface area (Å²) >= 11 is 0. The average Bonchev–Trinajstić information content (AvgIpc) is 3.35. The monoisotopic (exact) mass is 326 g/mol. The van der Waals surface area contributed by atoms with Gasteiger partial charge in [-0.1, -0.05) is 6.07 Å². The first kappa shape index (κ1) is 14.9. The molecule has 3 aliphatic rings. The van der Waals surface area contributed by atoms with Crippen molar-refractivity contribution in [2.75, 3.05) is 32.8 Å². The zero-order valence-corrected chi connectivity index (χ0v) is 14.4. The average molecular weight is 326 g/mol. The number of aromatic nitrogens is 2. The van der Waals surface area contributed by atoms with Gasteiger partial charge >= 0.3 is 0 Å². The molecule has 1 aliphatic carbocycles. The van der Waals surface area contributed by atoms with E-state index in [1.54, 1.807) is 0 Å². The molecule has 5 nitrogen and oxygen atoms in total. The van der Waals surface area contributed by atoms with Gasteiger partial charge in [-0.25, -0.2) is 4.98 Å². The van der Waals surface area contributed by atoms with Gasteiger partial charge in [0, 0.05) is 50.7 Å². The predicted molar refractivity (Wildman–Crippen MR) is 93.0 cm³/mol. The second-order valence-corrected chi connectivity index (χ2v) is 7.77. The third-order valence-corrected chi connectivity index (χ3v) is 5.84. The van der Waals surface area contributed by atoms with Crippen molar-refractivity contribution >= 4 is 5.65 Å². The Hall–Kier alpha value is -1.43. The van der Waals surface area contributed by atoms with E-state index in [4.69, 9.17) is 9.72 Å². The van der Waals surface area contributed by atoms with Crippen LogP contribution in [0.3, 0.4) is 0 Å². The summed E-state index contributed by atoms with van der Waals surface area (Å²) in [6.45, 7) is 8.35. The Morgan fingerprint density at radius 2 is 2.08 bits per heavy atom. The first-order valence-corrected chi connectivity index (χ1v) is 9.26. The van der Waals surface area contributed by atoms with Crippen LogP contribution in [0.2, 0.25) is 0 Å². The minimum absolute atomic E-state index is 0.567. The van der Waals surface area contributed by atoms with Gasteiger partial charge in [0.1, 0.15) is 5.65 Å². The molecule has 0 radical (unpaired) electrons. The molecule has 128 valence electrons. The molecule has 0 N–H and O–H groups in total. The molecule has 0 bridgehead atoms. The molecule has 2 aromatic rings. The highest BCUT2D eigenvalue weighted by Crippen LogP contribution is 2.38. The normalized spacial score (nSPS) is 29.0. The minimum atomic E-state index is 0.567. The van der Waals surface area contributed by atoms with Gasteiger partial charge in [-0.15, -0.1) is 0 Å². The first-order valence-electron chi connectivity index (χ1n) is 9.26. The van der Waals surface area contributed by atoms with Crippen LogP contribution in [-0.4, -0.2) is 64.1 Å². The van der Waals surface area contributed by atoms with E-state index in [1.807, 2.05) is 0 Å². The van der Waals surface area contributed by atoms with Crippen molar-refractivity contribution in [2.24, 2.45) is 5.92 Å². The molecular weight excluding hydrogens is 300 g/mol. The highest BCUT2D eigenvalue weighted by atomic mass is 16.5. The first-order chi connectivity index (χ1) is 11.8. The van der Waals surface area contributed by atoms with E-state index >= 15 is 0 Å². The highest BCUT2D eigenvalue weighted by molar-refractivity contribution is 5.41. The van der Waals surface area contributed by atoms with Crippen molar-refractivity contribution in [2.45, 2.75) is 38.4 Å². The Bertz CT molecular complexity index is 738. The fraction of sp³-hybridized carbons (Fsp3) is 0.632. The largest absolute Gasteiger partial charge is 0.378 e. The van der Waals surface area contributed by atoms with Crippen LogP contribution >= 0.6 is 0 Å². The number of imidazole rings is 1. The lowest BCUT2D eigenvalue weighted by Gasteiger charge is -2.48. The second kappa shape index (κ2) is 5.83. The molecule has 5 heteroatoms. The van der Waals surface area contributed by atoms with Gasteiger partial charge in [0.25, 0.3) is 0 Å². The smallest absolute Gasteiger partial charge is 0.137 e. The van der Waals surface area contributed by atoms with E-state index in [-0.39, 0.29) is 0 Å². The van der Waals surface area contributed by atoms with Crippen molar-refractivity contribution < 1.29 is 4.74 Å². The van der Waals surface area contributed by atoms with Crippen LogP contribution in [0.5, 0.6) is 0 Å². The second-order valence-electron chi connectivity index (χ2n) is 7.77. The van der Waals surface area contributed by atoms with Gasteiger partial charge in [0.2, 0.25) is 0 Å². The third kappa shape index (κ3) is 2.75. The van der Waals surface area contributed by atoms with Crippen molar-refractivity contribution in [1.82, 2.24) is 19.2 Å². The topological polar surface area (TPSA) is 33.0 Å². The van der Waals surface area contributed by atoms with Crippen molar-refractivity contribution in [1.29, 1.82) is 0 Å². The minimum Gasteiger partial charge on any atom is -0.378 e. The Labute approximate surface area is 143 Å². The van der Waals surface area contributed by atoms with Crippen molar-refractivity contribution in [3.8, 4) is 0 Å². The van der Waals surface area contributed by atoms with E-state index < -0.39 is 0 Å². The highest BCUT2D eigenvalue weighted by Gasteiger charge is 2.42. The van der Waals surface area contributed by atoms with Gasteiger partial charge in [0.05, 0.1) is 18.9 Å². The van der Waals surface area contributed by atoms with Gasteiger partial charge in [-0.2, -0.15) is 0 Å². The molecule has 24 heavy (non-hydrogen) atoms. The number of rotatable bonds is 3. The third-order valence-electron chi connectivity index (χ3n) is 5.84. The lowest BCUT2D eigenvalue weighted by Crippen LogP contribution is -2.62. The zero-order valence-electron chi connectivity index (χ0n) is 14.4. The van der Waals surface area contributed by atoms with Gasteiger partial charge in [-0.05, 0) is 37.3 Å². The van der Waals surface area contributed by atoms with Gasteiger partial charge in [-0.3, -0.25) is 9.80 Å². The summed E-state index contributed by atoms with van der Waals surface area (Å²) < 4.78 is 8.07. The molecule has 2 aromatic heterocycles. The van der Waals surface area contributed by atoms with Gasteiger partial charge in [0.15, 0.2) is 0 Å². The number of morpholine rings is 1. The van der Waals surface area contributed by atoms with Crippen molar-refractivity contribution in [3.05, 3.63) is 35.8 Å². The van der Waals surface area contributed by atoms with E-state index in [9.17, 15) is 0 Å². The summed E-state index contributed by atoms with van der Waals surface area (Å²) in [6.07, 6.45) is 7.14. The maximum Gasteiger partial charge on any atom is 0.137 e. The summed E-state index contributed by atoms with van der Waals surface area (Å²) in [7, 11) is 0. The molecular formula is C19H26N4O. The lowest BCUT2D eigenvalue weighted by molar-refractivity contribution is -0.0881. The number of nitrogens with zero attached hydrogens (tertiary/aromatic N) is 4. The van der Waals surface area contributed by atoms with Crippen LogP contribution in [0.15, 0.2) is 24.5 Å². The fourth-order valence-corrected chi connectivity index (χ4v) is 4.43. The molecule has 5 rings (SSSR count). The van der Waals surface area contributed by atoms with E-state index in [0.29, 0.717) is 12.1 Å². The Morgan fingerprint density at radius 1 is 1.17 bits per heavy atom. The molecule has 0 unspecified atom stereocenters. The quantitative estimate of drug-likeness (QED) is 0.863. The Balaban J connectivity index is 1.28. The number of aryl methyl sites for hydroxylation is 1. The van der Waals surface area contributed by atoms with Crippen molar-refractivity contribution in [3.63, 3.8) is 0 Å². The SMILES string of the molecule is Cc1ccc2nc(CN3CCN4[C@@H](COC[C@@H]4C4CC4)C3)cn2c1. The lowest BCUT2D eigenvalue weighted by atomic mass is 10.0. The fourth-order valence-electron chi connectivity index (χ4n) is 4.43. The summed E-state index contributed by atoms with van der Waals surface area (Å²) in [5, 5.41) is 0. The number of fused-ring (bicyclic) bond motifs is 2. The van der Waals surface area contributed by atoms with Crippen LogP contribution in [0.25, 0.3) is 5.65 Å². The van der Waals surface area contributed by atoms with Crippen LogP contribution in [0.1, 0.15) is 24.1 Å². The maximum absolute atomic E-state index is 5.92. The standard InChI is InChI=1S/C19H26N4O/c1-14-2-5-19-20-16(10-22(19)8-14)9-21-6-7-23-17(11-21)12-24-13-18(23)15-3-4-15/h2,5,8,10,15,17-18H,3-4,6-7,9,11-13H2,1H3/t17-,18-/m1/s1. The number of piperazine rings is 1. The predicted octanol–water partition coefficient (Wildman–Crippen LogP) is 1.94. The maximum atomic E-state index is 5.92. The number of hydrogen-bond acceptors (Lipinski definition) is 4. The molecule has 2 saturated heterocycles. The van der Waals surface area contributed by atoms with Crippen LogP contribution in [0.4, 0.5) is 0 Å². The molecule has 4 heterocycles. The Morgan fingerprint density at radius 3 is 2.96 bits per heavy atom.